The van der Waals surface area contributed by atoms with Crippen LogP contribution in [0, 0.1) is 0 Å². The first-order valence-corrected chi connectivity index (χ1v) is 6.55. The van der Waals surface area contributed by atoms with Crippen LogP contribution in [0.1, 0.15) is 20.3 Å². The van der Waals surface area contributed by atoms with Crippen LogP contribution in [0.2, 0.25) is 10.0 Å². The second-order valence-electron chi connectivity index (χ2n) is 4.19. The van der Waals surface area contributed by atoms with Crippen molar-refractivity contribution in [2.24, 2.45) is 5.84 Å². The van der Waals surface area contributed by atoms with E-state index in [9.17, 15) is 4.79 Å². The number of hydrogen-bond acceptors (Lipinski definition) is 5. The third-order valence-corrected chi connectivity index (χ3v) is 2.74. The number of rotatable bonds is 6. The van der Waals surface area contributed by atoms with Crippen molar-refractivity contribution < 1.29 is 4.79 Å². The predicted octanol–water partition coefficient (Wildman–Crippen LogP) is 2.00. The van der Waals surface area contributed by atoms with Crippen molar-refractivity contribution in [1.29, 1.82) is 0 Å². The summed E-state index contributed by atoms with van der Waals surface area (Å²) in [4.78, 5) is 15.6. The minimum absolute atomic E-state index is 0.0373. The van der Waals surface area contributed by atoms with Crippen molar-refractivity contribution in [3.8, 4) is 0 Å². The number of aromatic nitrogens is 1. The molecule has 5 N–H and O–H groups in total. The van der Waals surface area contributed by atoms with Crippen molar-refractivity contribution in [1.82, 2.24) is 10.3 Å². The van der Waals surface area contributed by atoms with Gasteiger partial charge in [-0.2, -0.15) is 0 Å². The number of pyridine rings is 1. The number of amides is 1. The van der Waals surface area contributed by atoms with Gasteiger partial charge in [-0.1, -0.05) is 23.2 Å². The number of nitrogen functional groups attached to an aromatic ring is 1. The van der Waals surface area contributed by atoms with E-state index in [1.807, 2.05) is 13.8 Å². The number of halogens is 2. The average molecular weight is 306 g/mol. The Balaban J connectivity index is 2.56. The zero-order valence-corrected chi connectivity index (χ0v) is 12.3. The number of nitrogens with zero attached hydrogens (tertiary/aromatic N) is 1. The minimum Gasteiger partial charge on any atom is -0.368 e. The Morgan fingerprint density at radius 1 is 1.37 bits per heavy atom. The first-order valence-electron chi connectivity index (χ1n) is 5.80. The molecule has 1 rings (SSSR count). The van der Waals surface area contributed by atoms with Gasteiger partial charge in [0.2, 0.25) is 5.91 Å². The van der Waals surface area contributed by atoms with Gasteiger partial charge in [-0.25, -0.2) is 10.8 Å². The Labute approximate surface area is 122 Å². The van der Waals surface area contributed by atoms with Gasteiger partial charge in [0, 0.05) is 19.0 Å². The van der Waals surface area contributed by atoms with Gasteiger partial charge in [-0.3, -0.25) is 4.79 Å². The molecular weight excluding hydrogens is 289 g/mol. The molecule has 1 aromatic rings. The Kier molecular flexibility index (Phi) is 6.14. The molecule has 19 heavy (non-hydrogen) atoms. The first kappa shape index (κ1) is 15.8. The fourth-order valence-corrected chi connectivity index (χ4v) is 1.86. The van der Waals surface area contributed by atoms with Gasteiger partial charge in [-0.15, -0.1) is 0 Å². The Morgan fingerprint density at radius 3 is 2.58 bits per heavy atom. The lowest BCUT2D eigenvalue weighted by atomic mass is 10.3. The monoisotopic (exact) mass is 305 g/mol. The number of carbonyl (C=O) groups excluding carboxylic acids is 1. The van der Waals surface area contributed by atoms with Gasteiger partial charge in [0.05, 0.1) is 10.0 Å². The summed E-state index contributed by atoms with van der Waals surface area (Å²) in [5, 5.41) is 6.45. The molecule has 0 unspecified atom stereocenters. The van der Waals surface area contributed by atoms with Crippen LogP contribution in [-0.4, -0.2) is 23.5 Å². The first-order chi connectivity index (χ1) is 8.93. The van der Waals surface area contributed by atoms with Crippen LogP contribution in [0.3, 0.4) is 0 Å². The van der Waals surface area contributed by atoms with Crippen LogP contribution in [0.4, 0.5) is 11.6 Å². The van der Waals surface area contributed by atoms with Crippen LogP contribution >= 0.6 is 23.2 Å². The molecule has 0 aliphatic carbocycles. The van der Waals surface area contributed by atoms with Crippen molar-refractivity contribution >= 4 is 40.7 Å². The SMILES string of the molecule is CC(C)NC(=O)CCNc1nc(NN)c(Cl)cc1Cl. The van der Waals surface area contributed by atoms with Crippen LogP contribution < -0.4 is 21.9 Å². The van der Waals surface area contributed by atoms with E-state index in [0.717, 1.165) is 0 Å². The van der Waals surface area contributed by atoms with E-state index in [1.165, 1.54) is 6.07 Å². The van der Waals surface area contributed by atoms with Gasteiger partial charge in [-0.05, 0) is 19.9 Å². The highest BCUT2D eigenvalue weighted by Gasteiger charge is 2.09. The summed E-state index contributed by atoms with van der Waals surface area (Å²) >= 11 is 11.8. The molecule has 0 bridgehead atoms. The van der Waals surface area contributed by atoms with Crippen LogP contribution in [0.15, 0.2) is 6.07 Å². The summed E-state index contributed by atoms with van der Waals surface area (Å²) < 4.78 is 0. The second-order valence-corrected chi connectivity index (χ2v) is 5.01. The molecule has 1 amide bonds. The van der Waals surface area contributed by atoms with Gasteiger partial charge < -0.3 is 16.1 Å². The highest BCUT2D eigenvalue weighted by molar-refractivity contribution is 6.37. The van der Waals surface area contributed by atoms with E-state index >= 15 is 0 Å². The third kappa shape index (κ3) is 5.10. The van der Waals surface area contributed by atoms with E-state index in [4.69, 9.17) is 29.0 Å². The predicted molar refractivity (Wildman–Crippen MR) is 78.5 cm³/mol. The maximum Gasteiger partial charge on any atom is 0.221 e. The summed E-state index contributed by atoms with van der Waals surface area (Å²) in [6.45, 7) is 4.22. The number of nitrogens with two attached hydrogens (primary N) is 1. The van der Waals surface area contributed by atoms with Crippen LogP contribution in [0.25, 0.3) is 0 Å². The van der Waals surface area contributed by atoms with Crippen LogP contribution in [-0.2, 0) is 4.79 Å². The zero-order chi connectivity index (χ0) is 14.4. The molecule has 1 heterocycles. The lowest BCUT2D eigenvalue weighted by Gasteiger charge is -2.11. The lowest BCUT2D eigenvalue weighted by molar-refractivity contribution is -0.121. The molecule has 0 aliphatic rings. The summed E-state index contributed by atoms with van der Waals surface area (Å²) in [6.07, 6.45) is 0.324. The van der Waals surface area contributed by atoms with Crippen molar-refractivity contribution in [2.45, 2.75) is 26.3 Å². The molecular formula is C11H17Cl2N5O. The maximum absolute atomic E-state index is 11.4. The standard InChI is InChI=1S/C11H17Cl2N5O/c1-6(2)16-9(19)3-4-15-10-7(12)5-8(13)11(17-10)18-14/h5-6H,3-4,14H2,1-2H3,(H,16,19)(H2,15,17,18). The molecule has 0 spiro atoms. The topological polar surface area (TPSA) is 92.1 Å². The summed E-state index contributed by atoms with van der Waals surface area (Å²) in [5.41, 5.74) is 2.37. The normalized spacial score (nSPS) is 10.4. The molecule has 106 valence electrons. The molecule has 0 saturated heterocycles. The van der Waals surface area contributed by atoms with E-state index in [0.29, 0.717) is 34.6 Å². The van der Waals surface area contributed by atoms with E-state index in [-0.39, 0.29) is 11.9 Å². The van der Waals surface area contributed by atoms with Gasteiger partial charge in [0.25, 0.3) is 0 Å². The quantitative estimate of drug-likeness (QED) is 0.476. The fourth-order valence-electron chi connectivity index (χ4n) is 1.38. The number of anilines is 2. The molecule has 0 fully saturated rings. The molecule has 0 atom stereocenters. The van der Waals surface area contributed by atoms with E-state index < -0.39 is 0 Å². The molecule has 6 nitrogen and oxygen atoms in total. The molecule has 8 heteroatoms. The maximum atomic E-state index is 11.4. The molecule has 0 aliphatic heterocycles. The van der Waals surface area contributed by atoms with E-state index in [2.05, 4.69) is 21.0 Å². The number of carbonyl (C=O) groups is 1. The van der Waals surface area contributed by atoms with Gasteiger partial charge in [0.1, 0.15) is 5.82 Å². The summed E-state index contributed by atoms with van der Waals surface area (Å²) in [7, 11) is 0. The average Bonchev–Trinajstić information content (AvgIpc) is 2.31. The Bertz CT molecular complexity index is 453. The lowest BCUT2D eigenvalue weighted by Crippen LogP contribution is -2.31. The molecule has 0 saturated carbocycles. The number of hydrazine groups is 1. The van der Waals surface area contributed by atoms with Crippen molar-refractivity contribution in [3.63, 3.8) is 0 Å². The smallest absolute Gasteiger partial charge is 0.221 e. The second kappa shape index (κ2) is 7.37. The number of nitrogens with one attached hydrogen (secondary N) is 3. The molecule has 0 radical (unpaired) electrons. The summed E-state index contributed by atoms with van der Waals surface area (Å²) in [6, 6.07) is 1.65. The van der Waals surface area contributed by atoms with Crippen LogP contribution in [0.5, 0.6) is 0 Å². The van der Waals surface area contributed by atoms with Gasteiger partial charge in [0.15, 0.2) is 5.82 Å². The Morgan fingerprint density at radius 2 is 2.00 bits per heavy atom. The van der Waals surface area contributed by atoms with Gasteiger partial charge >= 0.3 is 0 Å². The summed E-state index contributed by atoms with van der Waals surface area (Å²) in [5.74, 6) is 5.98. The Hall–Kier alpha value is -1.24. The highest BCUT2D eigenvalue weighted by atomic mass is 35.5. The fraction of sp³-hybridized carbons (Fsp3) is 0.455. The largest absolute Gasteiger partial charge is 0.368 e. The third-order valence-electron chi connectivity index (χ3n) is 2.16. The zero-order valence-electron chi connectivity index (χ0n) is 10.8. The van der Waals surface area contributed by atoms with E-state index in [1.54, 1.807) is 0 Å². The van der Waals surface area contributed by atoms with Crippen molar-refractivity contribution in [2.75, 3.05) is 17.3 Å². The number of hydrogen-bond donors (Lipinski definition) is 4. The molecule has 0 aromatic carbocycles. The highest BCUT2D eigenvalue weighted by Crippen LogP contribution is 2.28. The minimum atomic E-state index is -0.0373. The van der Waals surface area contributed by atoms with Crippen molar-refractivity contribution in [3.05, 3.63) is 16.1 Å². The molecule has 1 aromatic heterocycles.